The summed E-state index contributed by atoms with van der Waals surface area (Å²) < 4.78 is 0. The molecule has 0 saturated carbocycles. The molecule has 2 aromatic heterocycles. The molecule has 0 aromatic carbocycles. The molecule has 0 aliphatic heterocycles. The smallest absolute Gasteiger partial charge is 0.126 e. The zero-order valence-electron chi connectivity index (χ0n) is 9.32. The number of aryl methyl sites for hydroxylation is 2. The molecular formula is C11H14N4S. The van der Waals surface area contributed by atoms with Crippen molar-refractivity contribution in [3.8, 4) is 0 Å². The number of thiazole rings is 1. The van der Waals surface area contributed by atoms with Gasteiger partial charge < -0.3 is 11.1 Å². The number of nitrogens with one attached hydrogen (secondary N) is 1. The van der Waals surface area contributed by atoms with Crippen LogP contribution < -0.4 is 11.1 Å². The number of rotatable bonds is 3. The number of anilines is 2. The van der Waals surface area contributed by atoms with Crippen LogP contribution in [0, 0.1) is 13.8 Å². The van der Waals surface area contributed by atoms with E-state index in [0.717, 1.165) is 28.8 Å². The number of aromatic nitrogens is 2. The molecule has 2 rings (SSSR count). The van der Waals surface area contributed by atoms with Gasteiger partial charge in [0, 0.05) is 11.1 Å². The van der Waals surface area contributed by atoms with E-state index in [9.17, 15) is 0 Å². The first-order valence-electron chi connectivity index (χ1n) is 5.03. The van der Waals surface area contributed by atoms with E-state index in [0.29, 0.717) is 0 Å². The molecule has 5 heteroatoms. The molecule has 0 fully saturated rings. The van der Waals surface area contributed by atoms with Gasteiger partial charge in [-0.3, -0.25) is 0 Å². The second-order valence-corrected chi connectivity index (χ2v) is 4.89. The van der Waals surface area contributed by atoms with Crippen molar-refractivity contribution in [1.29, 1.82) is 0 Å². The van der Waals surface area contributed by atoms with Crippen LogP contribution in [0.1, 0.15) is 15.6 Å². The molecule has 0 saturated heterocycles. The zero-order chi connectivity index (χ0) is 11.5. The lowest BCUT2D eigenvalue weighted by atomic mass is 10.3. The van der Waals surface area contributed by atoms with Crippen LogP contribution >= 0.6 is 11.3 Å². The fourth-order valence-electron chi connectivity index (χ4n) is 1.33. The van der Waals surface area contributed by atoms with Gasteiger partial charge in [0.05, 0.1) is 22.9 Å². The van der Waals surface area contributed by atoms with Crippen molar-refractivity contribution < 1.29 is 0 Å². The fourth-order valence-corrected chi connectivity index (χ4v) is 2.07. The van der Waals surface area contributed by atoms with Gasteiger partial charge in [-0.1, -0.05) is 0 Å². The van der Waals surface area contributed by atoms with Gasteiger partial charge in [-0.25, -0.2) is 9.97 Å². The molecule has 2 heterocycles. The Balaban J connectivity index is 2.02. The van der Waals surface area contributed by atoms with Gasteiger partial charge in [0.15, 0.2) is 0 Å². The molecule has 0 atom stereocenters. The second-order valence-electron chi connectivity index (χ2n) is 3.57. The first-order chi connectivity index (χ1) is 7.65. The van der Waals surface area contributed by atoms with E-state index in [4.69, 9.17) is 5.73 Å². The molecule has 0 spiro atoms. The van der Waals surface area contributed by atoms with Gasteiger partial charge in [0.25, 0.3) is 0 Å². The van der Waals surface area contributed by atoms with Gasteiger partial charge in [0.1, 0.15) is 5.82 Å². The average molecular weight is 234 g/mol. The van der Waals surface area contributed by atoms with E-state index in [1.165, 1.54) is 4.88 Å². The lowest BCUT2D eigenvalue weighted by Gasteiger charge is -2.05. The molecule has 2 aromatic rings. The van der Waals surface area contributed by atoms with E-state index < -0.39 is 0 Å². The Hall–Kier alpha value is -1.62. The molecule has 4 nitrogen and oxygen atoms in total. The Morgan fingerprint density at radius 2 is 2.19 bits per heavy atom. The Labute approximate surface area is 98.6 Å². The van der Waals surface area contributed by atoms with Gasteiger partial charge in [-0.15, -0.1) is 11.3 Å². The molecule has 84 valence electrons. The molecule has 0 aliphatic rings. The average Bonchev–Trinajstić information content (AvgIpc) is 2.66. The predicted molar refractivity (Wildman–Crippen MR) is 67.6 cm³/mol. The van der Waals surface area contributed by atoms with E-state index in [-0.39, 0.29) is 0 Å². The number of nitrogens with zero attached hydrogens (tertiary/aromatic N) is 2. The van der Waals surface area contributed by atoms with Gasteiger partial charge in [-0.05, 0) is 26.0 Å². The predicted octanol–water partition coefficient (Wildman–Crippen LogP) is 2.35. The summed E-state index contributed by atoms with van der Waals surface area (Å²) >= 11 is 1.69. The monoisotopic (exact) mass is 234 g/mol. The van der Waals surface area contributed by atoms with Crippen LogP contribution in [0.4, 0.5) is 11.5 Å². The third kappa shape index (κ3) is 2.49. The molecule has 3 N–H and O–H groups in total. The van der Waals surface area contributed by atoms with Crippen LogP contribution in [0.5, 0.6) is 0 Å². The lowest BCUT2D eigenvalue weighted by molar-refractivity contribution is 1.10. The van der Waals surface area contributed by atoms with Crippen molar-refractivity contribution in [2.24, 2.45) is 0 Å². The van der Waals surface area contributed by atoms with E-state index in [1.807, 2.05) is 32.2 Å². The first-order valence-corrected chi connectivity index (χ1v) is 5.85. The Morgan fingerprint density at radius 1 is 1.38 bits per heavy atom. The quantitative estimate of drug-likeness (QED) is 0.855. The highest BCUT2D eigenvalue weighted by atomic mass is 32.1. The molecule has 0 amide bonds. The maximum absolute atomic E-state index is 5.70. The maximum Gasteiger partial charge on any atom is 0.126 e. The van der Waals surface area contributed by atoms with Crippen LogP contribution in [-0.2, 0) is 6.54 Å². The normalized spacial score (nSPS) is 10.4. The Bertz CT molecular complexity index is 492. The highest BCUT2D eigenvalue weighted by molar-refractivity contribution is 7.11. The standard InChI is InChI=1S/C11H14N4S/c1-7-10(12)3-4-11(15-7)14-6-9-5-13-8(2)16-9/h3-5H,6,12H2,1-2H3,(H,14,15). The largest absolute Gasteiger partial charge is 0.397 e. The lowest BCUT2D eigenvalue weighted by Crippen LogP contribution is -2.02. The van der Waals surface area contributed by atoms with Gasteiger partial charge in [0.2, 0.25) is 0 Å². The van der Waals surface area contributed by atoms with Crippen molar-refractivity contribution >= 4 is 22.8 Å². The summed E-state index contributed by atoms with van der Waals surface area (Å²) in [5.41, 5.74) is 7.27. The maximum atomic E-state index is 5.70. The van der Waals surface area contributed by atoms with Crippen molar-refractivity contribution in [2.75, 3.05) is 11.1 Å². The summed E-state index contributed by atoms with van der Waals surface area (Å²) in [6, 6.07) is 3.75. The molecule has 0 bridgehead atoms. The number of hydrogen-bond acceptors (Lipinski definition) is 5. The second kappa shape index (κ2) is 4.49. The minimum atomic E-state index is 0.721. The minimum Gasteiger partial charge on any atom is -0.397 e. The zero-order valence-corrected chi connectivity index (χ0v) is 10.1. The third-order valence-corrected chi connectivity index (χ3v) is 3.15. The molecule has 16 heavy (non-hydrogen) atoms. The van der Waals surface area contributed by atoms with E-state index >= 15 is 0 Å². The topological polar surface area (TPSA) is 63.8 Å². The SMILES string of the molecule is Cc1ncc(CNc2ccc(N)c(C)n2)s1. The Kier molecular flexibility index (Phi) is 3.05. The van der Waals surface area contributed by atoms with Crippen LogP contribution in [0.15, 0.2) is 18.3 Å². The van der Waals surface area contributed by atoms with Crippen LogP contribution in [-0.4, -0.2) is 9.97 Å². The van der Waals surface area contributed by atoms with Crippen molar-refractivity contribution in [3.63, 3.8) is 0 Å². The van der Waals surface area contributed by atoms with Crippen LogP contribution in [0.3, 0.4) is 0 Å². The van der Waals surface area contributed by atoms with E-state index in [2.05, 4.69) is 15.3 Å². The van der Waals surface area contributed by atoms with E-state index in [1.54, 1.807) is 11.3 Å². The summed E-state index contributed by atoms with van der Waals surface area (Å²) in [6.45, 7) is 4.65. The highest BCUT2D eigenvalue weighted by Gasteiger charge is 2.00. The van der Waals surface area contributed by atoms with Crippen molar-refractivity contribution in [1.82, 2.24) is 9.97 Å². The Morgan fingerprint density at radius 3 is 2.81 bits per heavy atom. The van der Waals surface area contributed by atoms with Crippen LogP contribution in [0.25, 0.3) is 0 Å². The third-order valence-electron chi connectivity index (χ3n) is 2.24. The fraction of sp³-hybridized carbons (Fsp3) is 0.273. The summed E-state index contributed by atoms with van der Waals surface area (Å²) in [6.07, 6.45) is 1.89. The highest BCUT2D eigenvalue weighted by Crippen LogP contribution is 2.15. The molecular weight excluding hydrogens is 220 g/mol. The minimum absolute atomic E-state index is 0.721. The summed E-state index contributed by atoms with van der Waals surface area (Å²) in [7, 11) is 0. The van der Waals surface area contributed by atoms with Gasteiger partial charge in [-0.2, -0.15) is 0 Å². The number of pyridine rings is 1. The summed E-state index contributed by atoms with van der Waals surface area (Å²) in [5, 5.41) is 4.33. The number of nitrogens with two attached hydrogens (primary N) is 1. The van der Waals surface area contributed by atoms with Crippen LogP contribution in [0.2, 0.25) is 0 Å². The first kappa shape index (κ1) is 10.9. The number of nitrogen functional groups attached to an aromatic ring is 1. The van der Waals surface area contributed by atoms with Crippen molar-refractivity contribution in [2.45, 2.75) is 20.4 Å². The molecule has 0 aliphatic carbocycles. The summed E-state index contributed by atoms with van der Waals surface area (Å²) in [4.78, 5) is 9.74. The van der Waals surface area contributed by atoms with Gasteiger partial charge >= 0.3 is 0 Å². The summed E-state index contributed by atoms with van der Waals surface area (Å²) in [5.74, 6) is 0.845. The molecule has 0 radical (unpaired) electrons. The van der Waals surface area contributed by atoms with Crippen molar-refractivity contribution in [3.05, 3.63) is 33.9 Å². The molecule has 0 unspecified atom stereocenters. The number of hydrogen-bond donors (Lipinski definition) is 2.